The molecule has 0 spiro atoms. The van der Waals surface area contributed by atoms with E-state index in [0.29, 0.717) is 6.54 Å². The van der Waals surface area contributed by atoms with E-state index < -0.39 is 0 Å². The first-order chi connectivity index (χ1) is 15.7. The highest BCUT2D eigenvalue weighted by atomic mass is 16.2. The summed E-state index contributed by atoms with van der Waals surface area (Å²) in [5.41, 5.74) is 1.90. The molecule has 0 unspecified atom stereocenters. The van der Waals surface area contributed by atoms with Crippen LogP contribution in [-0.4, -0.2) is 36.4 Å². The average Bonchev–Trinajstić information content (AvgIpc) is 3.12. The lowest BCUT2D eigenvalue weighted by molar-refractivity contribution is -0.125. The molecule has 2 N–H and O–H groups in total. The number of pyridine rings is 1. The van der Waals surface area contributed by atoms with Crippen LogP contribution < -0.4 is 15.5 Å². The van der Waals surface area contributed by atoms with Crippen LogP contribution in [0.5, 0.6) is 0 Å². The van der Waals surface area contributed by atoms with Crippen molar-refractivity contribution < 1.29 is 9.59 Å². The van der Waals surface area contributed by atoms with Crippen LogP contribution in [0.15, 0.2) is 60.8 Å². The molecule has 0 aliphatic carbocycles. The van der Waals surface area contributed by atoms with Gasteiger partial charge in [-0.15, -0.1) is 0 Å². The molecule has 6 heteroatoms. The molecule has 1 saturated heterocycles. The summed E-state index contributed by atoms with van der Waals surface area (Å²) < 4.78 is 0. The lowest BCUT2D eigenvalue weighted by Crippen LogP contribution is -2.37. The van der Waals surface area contributed by atoms with Gasteiger partial charge in [-0.3, -0.25) is 9.59 Å². The van der Waals surface area contributed by atoms with Crippen molar-refractivity contribution in [2.45, 2.75) is 38.6 Å². The number of anilines is 1. The molecule has 1 aromatic heterocycles. The van der Waals surface area contributed by atoms with E-state index in [1.807, 2.05) is 60.8 Å². The molecule has 3 aromatic rings. The third-order valence-electron chi connectivity index (χ3n) is 5.91. The zero-order valence-corrected chi connectivity index (χ0v) is 18.3. The van der Waals surface area contributed by atoms with Crippen LogP contribution in [0, 0.1) is 0 Å². The third kappa shape index (κ3) is 5.84. The van der Waals surface area contributed by atoms with E-state index in [-0.39, 0.29) is 24.8 Å². The van der Waals surface area contributed by atoms with Crippen LogP contribution in [0.25, 0.3) is 10.8 Å². The van der Waals surface area contributed by atoms with Gasteiger partial charge in [-0.2, -0.15) is 0 Å². The van der Waals surface area contributed by atoms with Gasteiger partial charge in [0.2, 0.25) is 11.8 Å². The molecule has 2 aromatic carbocycles. The van der Waals surface area contributed by atoms with E-state index in [1.54, 1.807) is 0 Å². The van der Waals surface area contributed by atoms with Gasteiger partial charge < -0.3 is 15.5 Å². The molecule has 1 aliphatic heterocycles. The summed E-state index contributed by atoms with van der Waals surface area (Å²) in [5.74, 6) is 0.621. The van der Waals surface area contributed by atoms with Crippen molar-refractivity contribution in [1.29, 1.82) is 0 Å². The number of benzene rings is 2. The smallest absolute Gasteiger partial charge is 0.239 e. The first-order valence-corrected chi connectivity index (χ1v) is 11.4. The number of hydrogen-bond donors (Lipinski definition) is 2. The summed E-state index contributed by atoms with van der Waals surface area (Å²) in [4.78, 5) is 31.4. The number of aromatic nitrogens is 1. The predicted molar refractivity (Wildman–Crippen MR) is 127 cm³/mol. The maximum absolute atomic E-state index is 12.3. The van der Waals surface area contributed by atoms with E-state index in [0.717, 1.165) is 40.8 Å². The Hall–Kier alpha value is -3.41. The second kappa shape index (κ2) is 10.8. The molecule has 32 heavy (non-hydrogen) atoms. The highest BCUT2D eigenvalue weighted by Gasteiger charge is 2.12. The van der Waals surface area contributed by atoms with Gasteiger partial charge in [0.15, 0.2) is 0 Å². The Bertz CT molecular complexity index is 1050. The maximum Gasteiger partial charge on any atom is 0.239 e. The second-order valence-electron chi connectivity index (χ2n) is 8.29. The van der Waals surface area contributed by atoms with Gasteiger partial charge in [-0.05, 0) is 40.8 Å². The largest absolute Gasteiger partial charge is 0.357 e. The van der Waals surface area contributed by atoms with E-state index in [2.05, 4.69) is 20.5 Å². The molecule has 1 aliphatic rings. The summed E-state index contributed by atoms with van der Waals surface area (Å²) in [7, 11) is 0. The number of amides is 2. The second-order valence-corrected chi connectivity index (χ2v) is 8.29. The number of hydrogen-bond acceptors (Lipinski definition) is 4. The lowest BCUT2D eigenvalue weighted by atomic mass is 10.0. The molecular weight excluding hydrogens is 400 g/mol. The Morgan fingerprint density at radius 2 is 1.62 bits per heavy atom. The quantitative estimate of drug-likeness (QED) is 0.601. The Labute approximate surface area is 189 Å². The van der Waals surface area contributed by atoms with Crippen molar-refractivity contribution in [3.63, 3.8) is 0 Å². The summed E-state index contributed by atoms with van der Waals surface area (Å²) in [6, 6.07) is 17.9. The molecular formula is C26H30N4O2. The molecule has 0 atom stereocenters. The standard InChI is InChI=1S/C26H30N4O2/c31-25(16-22-10-7-9-21-8-3-4-11-23(21)22)29-19-26(32)28-18-20-12-13-24(27-17-20)30-14-5-1-2-6-15-30/h3-4,7-13,17H,1-2,5-6,14-16,18-19H2,(H,28,32)(H,29,31). The molecule has 4 rings (SSSR count). The van der Waals surface area contributed by atoms with Crippen molar-refractivity contribution in [2.24, 2.45) is 0 Å². The predicted octanol–water partition coefficient (Wildman–Crippen LogP) is 3.59. The van der Waals surface area contributed by atoms with E-state index in [4.69, 9.17) is 0 Å². The number of rotatable bonds is 7. The van der Waals surface area contributed by atoms with Gasteiger partial charge in [-0.25, -0.2) is 4.98 Å². The first kappa shape index (κ1) is 21.8. The molecule has 166 valence electrons. The average molecular weight is 431 g/mol. The molecule has 2 heterocycles. The number of nitrogens with zero attached hydrogens (tertiary/aromatic N) is 2. The Morgan fingerprint density at radius 3 is 2.41 bits per heavy atom. The molecule has 0 radical (unpaired) electrons. The minimum Gasteiger partial charge on any atom is -0.357 e. The van der Waals surface area contributed by atoms with E-state index in [1.165, 1.54) is 25.7 Å². The van der Waals surface area contributed by atoms with Crippen LogP contribution in [0.2, 0.25) is 0 Å². The SMILES string of the molecule is O=C(CNC(=O)Cc1cccc2ccccc12)NCc1ccc(N2CCCCCC2)nc1. The van der Waals surface area contributed by atoms with Crippen LogP contribution >= 0.6 is 0 Å². The number of nitrogens with one attached hydrogen (secondary N) is 2. The minimum atomic E-state index is -0.215. The topological polar surface area (TPSA) is 74.3 Å². The minimum absolute atomic E-state index is 0.0388. The van der Waals surface area contributed by atoms with Crippen molar-refractivity contribution in [3.8, 4) is 0 Å². The zero-order chi connectivity index (χ0) is 22.2. The number of carbonyl (C=O) groups excluding carboxylic acids is 2. The fraction of sp³-hybridized carbons (Fsp3) is 0.346. The monoisotopic (exact) mass is 430 g/mol. The Kier molecular flexibility index (Phi) is 7.33. The third-order valence-corrected chi connectivity index (χ3v) is 5.91. The van der Waals surface area contributed by atoms with Gasteiger partial charge in [-0.1, -0.05) is 61.4 Å². The van der Waals surface area contributed by atoms with Crippen molar-refractivity contribution in [1.82, 2.24) is 15.6 Å². The summed E-state index contributed by atoms with van der Waals surface area (Å²) in [6.45, 7) is 2.47. The Morgan fingerprint density at radius 1 is 0.844 bits per heavy atom. The normalized spacial score (nSPS) is 14.1. The van der Waals surface area contributed by atoms with Gasteiger partial charge in [0.05, 0.1) is 13.0 Å². The van der Waals surface area contributed by atoms with E-state index >= 15 is 0 Å². The fourth-order valence-corrected chi connectivity index (χ4v) is 4.13. The molecule has 6 nitrogen and oxygen atoms in total. The number of carbonyl (C=O) groups is 2. The summed E-state index contributed by atoms with van der Waals surface area (Å²) in [5, 5.41) is 7.73. The van der Waals surface area contributed by atoms with Crippen LogP contribution in [0.4, 0.5) is 5.82 Å². The fourth-order valence-electron chi connectivity index (χ4n) is 4.13. The molecule has 0 bridgehead atoms. The Balaban J connectivity index is 1.22. The van der Waals surface area contributed by atoms with Crippen molar-refractivity contribution >= 4 is 28.4 Å². The zero-order valence-electron chi connectivity index (χ0n) is 18.3. The number of fused-ring (bicyclic) bond motifs is 1. The molecule has 2 amide bonds. The van der Waals surface area contributed by atoms with Gasteiger partial charge >= 0.3 is 0 Å². The summed E-state index contributed by atoms with van der Waals surface area (Å²) >= 11 is 0. The van der Waals surface area contributed by atoms with Crippen molar-refractivity contribution in [3.05, 3.63) is 71.9 Å². The summed E-state index contributed by atoms with van der Waals surface area (Å²) in [6.07, 6.45) is 7.08. The van der Waals surface area contributed by atoms with Crippen LogP contribution in [0.1, 0.15) is 36.8 Å². The molecule has 1 fully saturated rings. The van der Waals surface area contributed by atoms with Crippen molar-refractivity contribution in [2.75, 3.05) is 24.5 Å². The van der Waals surface area contributed by atoms with E-state index in [9.17, 15) is 9.59 Å². The van der Waals surface area contributed by atoms with Gasteiger partial charge in [0.1, 0.15) is 5.82 Å². The van der Waals surface area contributed by atoms with Gasteiger partial charge in [0, 0.05) is 25.8 Å². The van der Waals surface area contributed by atoms with Crippen LogP contribution in [0.3, 0.4) is 0 Å². The molecule has 0 saturated carbocycles. The lowest BCUT2D eigenvalue weighted by Gasteiger charge is -2.21. The maximum atomic E-state index is 12.3. The van der Waals surface area contributed by atoms with Crippen LogP contribution in [-0.2, 0) is 22.6 Å². The highest BCUT2D eigenvalue weighted by Crippen LogP contribution is 2.19. The first-order valence-electron chi connectivity index (χ1n) is 11.4. The highest BCUT2D eigenvalue weighted by molar-refractivity contribution is 5.91. The van der Waals surface area contributed by atoms with Gasteiger partial charge in [0.25, 0.3) is 0 Å².